The zero-order valence-electron chi connectivity index (χ0n) is 11.9. The minimum atomic E-state index is 0.258. The van der Waals surface area contributed by atoms with Gasteiger partial charge in [0.25, 0.3) is 0 Å². The number of nitrogens with two attached hydrogens (primary N) is 1. The molecule has 2 atom stereocenters. The molecule has 0 aromatic heterocycles. The molecule has 0 spiro atoms. The van der Waals surface area contributed by atoms with E-state index in [1.807, 2.05) is 4.90 Å². The Balaban J connectivity index is 2.05. The van der Waals surface area contributed by atoms with Crippen LogP contribution in [0, 0.1) is 6.92 Å². The zero-order chi connectivity index (χ0) is 13.8. The van der Waals surface area contributed by atoms with Gasteiger partial charge in [-0.3, -0.25) is 4.79 Å². The van der Waals surface area contributed by atoms with Gasteiger partial charge in [-0.25, -0.2) is 0 Å². The number of aryl methyl sites for hydroxylation is 1. The minimum Gasteiger partial charge on any atom is -0.339 e. The molecule has 0 saturated carbocycles. The Labute approximate surface area is 115 Å². The van der Waals surface area contributed by atoms with Crippen LogP contribution in [-0.4, -0.2) is 29.9 Å². The monoisotopic (exact) mass is 260 g/mol. The molecule has 3 heteroatoms. The van der Waals surface area contributed by atoms with Crippen LogP contribution in [0.15, 0.2) is 24.3 Å². The number of carbonyl (C=O) groups is 1. The molecule has 104 valence electrons. The lowest BCUT2D eigenvalue weighted by molar-refractivity contribution is -0.131. The van der Waals surface area contributed by atoms with Crippen molar-refractivity contribution in [3.05, 3.63) is 35.4 Å². The zero-order valence-corrected chi connectivity index (χ0v) is 11.9. The second-order valence-corrected chi connectivity index (χ2v) is 5.58. The van der Waals surface area contributed by atoms with Crippen LogP contribution in [0.2, 0.25) is 0 Å². The van der Waals surface area contributed by atoms with Gasteiger partial charge in [0.05, 0.1) is 0 Å². The number of hydrogen-bond acceptors (Lipinski definition) is 2. The van der Waals surface area contributed by atoms with Crippen molar-refractivity contribution in [2.45, 2.75) is 45.1 Å². The van der Waals surface area contributed by atoms with Crippen LogP contribution in [0.3, 0.4) is 0 Å². The van der Waals surface area contributed by atoms with Gasteiger partial charge in [0.1, 0.15) is 0 Å². The Morgan fingerprint density at radius 1 is 1.42 bits per heavy atom. The molecule has 0 bridgehead atoms. The highest BCUT2D eigenvalue weighted by atomic mass is 16.2. The molecule has 1 aromatic rings. The fraction of sp³-hybridized carbons (Fsp3) is 0.562. The van der Waals surface area contributed by atoms with E-state index in [-0.39, 0.29) is 5.91 Å². The van der Waals surface area contributed by atoms with Gasteiger partial charge in [-0.1, -0.05) is 24.3 Å². The second-order valence-electron chi connectivity index (χ2n) is 5.58. The molecule has 0 radical (unpaired) electrons. The largest absolute Gasteiger partial charge is 0.339 e. The maximum atomic E-state index is 12.1. The van der Waals surface area contributed by atoms with E-state index in [2.05, 4.69) is 38.1 Å². The van der Waals surface area contributed by atoms with E-state index in [1.54, 1.807) is 0 Å². The van der Waals surface area contributed by atoms with Gasteiger partial charge in [-0.15, -0.1) is 0 Å². The van der Waals surface area contributed by atoms with E-state index in [0.29, 0.717) is 24.9 Å². The number of hydrogen-bond donors (Lipinski definition) is 1. The summed E-state index contributed by atoms with van der Waals surface area (Å²) in [5.74, 6) is 0.743. The lowest BCUT2D eigenvalue weighted by atomic mass is 9.93. The summed E-state index contributed by atoms with van der Waals surface area (Å²) in [5, 5.41) is 0. The fourth-order valence-electron chi connectivity index (χ4n) is 3.05. The first-order chi connectivity index (χ1) is 9.13. The summed E-state index contributed by atoms with van der Waals surface area (Å²) in [5.41, 5.74) is 8.20. The van der Waals surface area contributed by atoms with Crippen LogP contribution < -0.4 is 5.73 Å². The Morgan fingerprint density at radius 3 is 2.84 bits per heavy atom. The Hall–Kier alpha value is -1.35. The van der Waals surface area contributed by atoms with Crippen molar-refractivity contribution < 1.29 is 4.79 Å². The van der Waals surface area contributed by atoms with Gasteiger partial charge in [0.2, 0.25) is 5.91 Å². The lowest BCUT2D eigenvalue weighted by Crippen LogP contribution is -2.34. The molecule has 1 fully saturated rings. The number of amides is 1. The summed E-state index contributed by atoms with van der Waals surface area (Å²) >= 11 is 0. The van der Waals surface area contributed by atoms with E-state index in [0.717, 1.165) is 19.4 Å². The van der Waals surface area contributed by atoms with Crippen LogP contribution in [0.1, 0.15) is 43.2 Å². The van der Waals surface area contributed by atoms with Crippen molar-refractivity contribution in [2.75, 3.05) is 13.1 Å². The SMILES string of the molecule is Cc1ccccc1[C@@H]1C[C@@H](C)N(C(=O)CCCN)C1. The Kier molecular flexibility index (Phi) is 4.59. The molecule has 1 heterocycles. The summed E-state index contributed by atoms with van der Waals surface area (Å²) in [7, 11) is 0. The molecule has 2 rings (SSSR count). The van der Waals surface area contributed by atoms with Crippen LogP contribution in [-0.2, 0) is 4.79 Å². The number of nitrogens with zero attached hydrogens (tertiary/aromatic N) is 1. The van der Waals surface area contributed by atoms with Gasteiger partial charge in [0.15, 0.2) is 0 Å². The smallest absolute Gasteiger partial charge is 0.222 e. The number of carbonyl (C=O) groups excluding carboxylic acids is 1. The first-order valence-corrected chi connectivity index (χ1v) is 7.18. The molecular formula is C16H24N2O. The predicted molar refractivity (Wildman–Crippen MR) is 78.0 cm³/mol. The minimum absolute atomic E-state index is 0.258. The summed E-state index contributed by atoms with van der Waals surface area (Å²) in [4.78, 5) is 14.2. The average molecular weight is 260 g/mol. The standard InChI is InChI=1S/C16H24N2O/c1-12-6-3-4-7-15(12)14-10-13(2)18(11-14)16(19)8-5-9-17/h3-4,6-7,13-14H,5,8-11,17H2,1-2H3/t13-,14-/m1/s1. The van der Waals surface area contributed by atoms with E-state index in [4.69, 9.17) is 5.73 Å². The summed E-state index contributed by atoms with van der Waals surface area (Å²) < 4.78 is 0. The molecule has 1 amide bonds. The summed E-state index contributed by atoms with van der Waals surface area (Å²) in [6, 6.07) is 8.85. The summed E-state index contributed by atoms with van der Waals surface area (Å²) in [6.45, 7) is 5.75. The van der Waals surface area contributed by atoms with Crippen LogP contribution in [0.5, 0.6) is 0 Å². The third-order valence-corrected chi connectivity index (χ3v) is 4.12. The fourth-order valence-corrected chi connectivity index (χ4v) is 3.05. The highest BCUT2D eigenvalue weighted by Crippen LogP contribution is 2.33. The highest BCUT2D eigenvalue weighted by molar-refractivity contribution is 5.77. The molecule has 1 aliphatic rings. The third kappa shape index (κ3) is 3.16. The number of likely N-dealkylation sites (tertiary alicyclic amines) is 1. The van der Waals surface area contributed by atoms with E-state index in [9.17, 15) is 4.79 Å². The van der Waals surface area contributed by atoms with Crippen LogP contribution in [0.4, 0.5) is 0 Å². The quantitative estimate of drug-likeness (QED) is 0.904. The van der Waals surface area contributed by atoms with Gasteiger partial charge < -0.3 is 10.6 Å². The number of benzene rings is 1. The lowest BCUT2D eigenvalue weighted by Gasteiger charge is -2.21. The maximum Gasteiger partial charge on any atom is 0.222 e. The van der Waals surface area contributed by atoms with Crippen molar-refractivity contribution >= 4 is 5.91 Å². The van der Waals surface area contributed by atoms with Crippen LogP contribution in [0.25, 0.3) is 0 Å². The maximum absolute atomic E-state index is 12.1. The molecule has 19 heavy (non-hydrogen) atoms. The molecule has 1 aliphatic heterocycles. The van der Waals surface area contributed by atoms with Gasteiger partial charge in [-0.2, -0.15) is 0 Å². The third-order valence-electron chi connectivity index (χ3n) is 4.12. The van der Waals surface area contributed by atoms with Crippen molar-refractivity contribution in [2.24, 2.45) is 5.73 Å². The molecule has 2 N–H and O–H groups in total. The van der Waals surface area contributed by atoms with Gasteiger partial charge >= 0.3 is 0 Å². The Morgan fingerprint density at radius 2 is 2.16 bits per heavy atom. The van der Waals surface area contributed by atoms with E-state index < -0.39 is 0 Å². The Bertz CT molecular complexity index is 444. The first kappa shape index (κ1) is 14.1. The van der Waals surface area contributed by atoms with Crippen molar-refractivity contribution in [3.63, 3.8) is 0 Å². The van der Waals surface area contributed by atoms with Gasteiger partial charge in [-0.05, 0) is 44.4 Å². The molecule has 1 aromatic carbocycles. The normalized spacial score (nSPS) is 22.8. The second kappa shape index (κ2) is 6.20. The molecular weight excluding hydrogens is 236 g/mol. The average Bonchev–Trinajstić information content (AvgIpc) is 2.78. The molecule has 1 saturated heterocycles. The van der Waals surface area contributed by atoms with Crippen molar-refractivity contribution in [1.82, 2.24) is 4.90 Å². The highest BCUT2D eigenvalue weighted by Gasteiger charge is 2.33. The molecule has 0 unspecified atom stereocenters. The van der Waals surface area contributed by atoms with Gasteiger partial charge in [0, 0.05) is 24.9 Å². The topological polar surface area (TPSA) is 46.3 Å². The van der Waals surface area contributed by atoms with Crippen molar-refractivity contribution in [1.29, 1.82) is 0 Å². The van der Waals surface area contributed by atoms with E-state index >= 15 is 0 Å². The van der Waals surface area contributed by atoms with Crippen molar-refractivity contribution in [3.8, 4) is 0 Å². The molecule has 3 nitrogen and oxygen atoms in total. The van der Waals surface area contributed by atoms with Crippen LogP contribution >= 0.6 is 0 Å². The first-order valence-electron chi connectivity index (χ1n) is 7.18. The number of rotatable bonds is 4. The summed E-state index contributed by atoms with van der Waals surface area (Å²) in [6.07, 6.45) is 2.44. The molecule has 0 aliphatic carbocycles. The van der Waals surface area contributed by atoms with E-state index in [1.165, 1.54) is 11.1 Å². The predicted octanol–water partition coefficient (Wildman–Crippen LogP) is 2.44.